The van der Waals surface area contributed by atoms with E-state index in [1.807, 2.05) is 0 Å². The first-order valence-corrected chi connectivity index (χ1v) is 5.35. The second-order valence-electron chi connectivity index (χ2n) is 5.51. The zero-order chi connectivity index (χ0) is 12.7. The van der Waals surface area contributed by atoms with Crippen LogP contribution < -0.4 is 0 Å². The highest BCUT2D eigenvalue weighted by Gasteiger charge is 2.60. The van der Waals surface area contributed by atoms with Gasteiger partial charge in [-0.1, -0.05) is 0 Å². The van der Waals surface area contributed by atoms with Crippen LogP contribution in [0.4, 0.5) is 0 Å². The lowest BCUT2D eigenvalue weighted by atomic mass is 9.78. The highest BCUT2D eigenvalue weighted by molar-refractivity contribution is 5.07. The van der Waals surface area contributed by atoms with Gasteiger partial charge in [0.25, 0.3) is 0 Å². The van der Waals surface area contributed by atoms with Crippen molar-refractivity contribution in [3.05, 3.63) is 10.1 Å². The monoisotopic (exact) mass is 231 g/mol. The van der Waals surface area contributed by atoms with E-state index in [1.165, 1.54) is 0 Å². The molecule has 0 amide bonds. The van der Waals surface area contributed by atoms with Crippen molar-refractivity contribution >= 4 is 0 Å². The van der Waals surface area contributed by atoms with Gasteiger partial charge in [0.15, 0.2) is 0 Å². The predicted octanol–water partition coefficient (Wildman–Crippen LogP) is 0.706. The average Bonchev–Trinajstić information content (AvgIpc) is 2.25. The van der Waals surface area contributed by atoms with Crippen molar-refractivity contribution in [3.8, 4) is 0 Å². The van der Waals surface area contributed by atoms with E-state index in [9.17, 15) is 20.4 Å². The van der Waals surface area contributed by atoms with E-state index in [0.29, 0.717) is 0 Å². The number of hydrogen-bond acceptors (Lipinski definition) is 4. The van der Waals surface area contributed by atoms with Crippen molar-refractivity contribution in [2.45, 2.75) is 38.8 Å². The molecular weight excluding hydrogens is 212 g/mol. The fraction of sp³-hybridized carbons (Fsp3) is 1.00. The average molecular weight is 231 g/mol. The van der Waals surface area contributed by atoms with Crippen LogP contribution >= 0.6 is 0 Å². The smallest absolute Gasteiger partial charge is 0.208 e. The van der Waals surface area contributed by atoms with Gasteiger partial charge in [-0.25, -0.2) is 0 Å². The number of hydrogen-bond donors (Lipinski definition) is 1. The molecule has 0 saturated carbocycles. The van der Waals surface area contributed by atoms with Gasteiger partial charge in [0.1, 0.15) is 0 Å². The van der Waals surface area contributed by atoms with E-state index >= 15 is 0 Å². The number of rotatable bonds is 3. The normalized spacial score (nSPS) is 32.9. The third-order valence-corrected chi connectivity index (χ3v) is 3.89. The quantitative estimate of drug-likeness (QED) is 0.572. The zero-order valence-corrected chi connectivity index (χ0v) is 10.1. The molecule has 1 aliphatic heterocycles. The van der Waals surface area contributed by atoms with Crippen LogP contribution in [0.2, 0.25) is 0 Å². The van der Waals surface area contributed by atoms with Crippen molar-refractivity contribution < 1.29 is 15.2 Å². The maximum Gasteiger partial charge on any atom is 0.208 e. The van der Waals surface area contributed by atoms with Gasteiger partial charge in [-0.2, -0.15) is 0 Å². The molecule has 0 aromatic carbocycles. The second kappa shape index (κ2) is 3.94. The highest BCUT2D eigenvalue weighted by Crippen LogP contribution is 2.47. The molecular formula is C10H19N2O4. The lowest BCUT2D eigenvalue weighted by Crippen LogP contribution is -2.47. The Hall–Kier alpha value is -0.720. The Labute approximate surface area is 95.0 Å². The van der Waals surface area contributed by atoms with Crippen LogP contribution in [0.1, 0.15) is 27.7 Å². The van der Waals surface area contributed by atoms with Gasteiger partial charge >= 0.3 is 0 Å². The van der Waals surface area contributed by atoms with E-state index < -0.39 is 21.9 Å². The van der Waals surface area contributed by atoms with E-state index in [-0.39, 0.29) is 19.1 Å². The molecule has 6 heteroatoms. The van der Waals surface area contributed by atoms with Gasteiger partial charge in [-0.15, -0.1) is 10.3 Å². The van der Waals surface area contributed by atoms with Gasteiger partial charge in [0, 0.05) is 23.0 Å². The Balaban J connectivity index is 3.08. The fourth-order valence-electron chi connectivity index (χ4n) is 2.89. The summed E-state index contributed by atoms with van der Waals surface area (Å²) in [5, 5.41) is 33.0. The van der Waals surface area contributed by atoms with Crippen LogP contribution in [-0.4, -0.2) is 39.3 Å². The Bertz CT molecular complexity index is 291. The zero-order valence-electron chi connectivity index (χ0n) is 10.1. The molecule has 1 rings (SSSR count). The van der Waals surface area contributed by atoms with Crippen molar-refractivity contribution in [2.75, 3.05) is 13.2 Å². The maximum atomic E-state index is 12.1. The van der Waals surface area contributed by atoms with E-state index in [4.69, 9.17) is 0 Å². The lowest BCUT2D eigenvalue weighted by molar-refractivity contribution is -0.492. The van der Waals surface area contributed by atoms with Crippen molar-refractivity contribution in [1.82, 2.24) is 5.06 Å². The minimum absolute atomic E-state index is 0.201. The molecule has 0 spiro atoms. The third kappa shape index (κ3) is 1.81. The Kier molecular flexibility index (Phi) is 3.29. The summed E-state index contributed by atoms with van der Waals surface area (Å²) in [6.45, 7) is 6.37. The Morgan fingerprint density at radius 1 is 1.25 bits per heavy atom. The van der Waals surface area contributed by atoms with Gasteiger partial charge in [-0.3, -0.25) is 10.1 Å². The topological polar surface area (TPSA) is 86.5 Å². The summed E-state index contributed by atoms with van der Waals surface area (Å²) in [5.74, 6) is -0.801. The number of aliphatic hydroxyl groups excluding tert-OH is 1. The summed E-state index contributed by atoms with van der Waals surface area (Å²) in [4.78, 5) is 10.2. The molecule has 93 valence electrons. The van der Waals surface area contributed by atoms with Crippen LogP contribution in [0.3, 0.4) is 0 Å². The minimum Gasteiger partial charge on any atom is -0.396 e. The second-order valence-corrected chi connectivity index (χ2v) is 5.51. The van der Waals surface area contributed by atoms with Crippen molar-refractivity contribution in [2.24, 2.45) is 11.8 Å². The lowest BCUT2D eigenvalue weighted by Gasteiger charge is -2.33. The highest BCUT2D eigenvalue weighted by atomic mass is 16.6. The number of nitrogens with zero attached hydrogens (tertiary/aromatic N) is 2. The molecule has 0 bridgehead atoms. The molecule has 0 unspecified atom stereocenters. The standard InChI is InChI=1S/C10H19N2O4/c1-9(2)7(5-11(14)15)8(6-13)10(3,4)12(9)16/h7-8,13H,5-6H2,1-4H3/t7-,8-/m0/s1. The molecule has 0 aromatic rings. The molecule has 0 aliphatic carbocycles. The van der Waals surface area contributed by atoms with Crippen LogP contribution in [0, 0.1) is 22.0 Å². The fourth-order valence-corrected chi connectivity index (χ4v) is 2.89. The van der Waals surface area contributed by atoms with Gasteiger partial charge in [0.2, 0.25) is 6.54 Å². The van der Waals surface area contributed by atoms with Crippen LogP contribution in [0.5, 0.6) is 0 Å². The Morgan fingerprint density at radius 3 is 2.06 bits per heavy atom. The van der Waals surface area contributed by atoms with Crippen molar-refractivity contribution in [3.63, 3.8) is 0 Å². The van der Waals surface area contributed by atoms with Crippen LogP contribution in [-0.2, 0) is 5.21 Å². The van der Waals surface area contributed by atoms with E-state index in [1.54, 1.807) is 27.7 Å². The largest absolute Gasteiger partial charge is 0.396 e. The van der Waals surface area contributed by atoms with Crippen LogP contribution in [0.15, 0.2) is 0 Å². The molecule has 1 fully saturated rings. The predicted molar refractivity (Wildman–Crippen MR) is 56.6 cm³/mol. The number of aliphatic hydroxyl groups is 1. The molecule has 1 radical (unpaired) electrons. The third-order valence-electron chi connectivity index (χ3n) is 3.89. The summed E-state index contributed by atoms with van der Waals surface area (Å²) < 4.78 is 0. The minimum atomic E-state index is -0.816. The van der Waals surface area contributed by atoms with E-state index in [0.717, 1.165) is 5.06 Å². The van der Waals surface area contributed by atoms with E-state index in [2.05, 4.69) is 0 Å². The molecule has 1 aliphatic rings. The summed E-state index contributed by atoms with van der Waals surface area (Å²) in [6.07, 6.45) is 0. The number of hydroxylamine groups is 2. The molecule has 1 saturated heterocycles. The SMILES string of the molecule is CC1(C)[C@@H](CO)[C@H](C[N+](=O)[O-])C(C)(C)N1[O]. The van der Waals surface area contributed by atoms with Gasteiger partial charge in [-0.05, 0) is 27.7 Å². The first-order valence-electron chi connectivity index (χ1n) is 5.35. The molecule has 1 heterocycles. The van der Waals surface area contributed by atoms with Gasteiger partial charge in [0.05, 0.1) is 11.5 Å². The summed E-state index contributed by atoms with van der Waals surface area (Å²) >= 11 is 0. The number of nitro groups is 1. The first-order chi connectivity index (χ1) is 7.15. The first kappa shape index (κ1) is 13.3. The summed E-state index contributed by atoms with van der Waals surface area (Å²) in [5.41, 5.74) is -1.58. The molecule has 0 aromatic heterocycles. The van der Waals surface area contributed by atoms with Crippen LogP contribution in [0.25, 0.3) is 0 Å². The Morgan fingerprint density at radius 2 is 1.69 bits per heavy atom. The molecule has 16 heavy (non-hydrogen) atoms. The van der Waals surface area contributed by atoms with Crippen molar-refractivity contribution in [1.29, 1.82) is 0 Å². The summed E-state index contributed by atoms with van der Waals surface area (Å²) in [7, 11) is 0. The molecule has 6 nitrogen and oxygen atoms in total. The summed E-state index contributed by atoms with van der Waals surface area (Å²) in [6, 6.07) is 0. The molecule has 1 N–H and O–H groups in total. The van der Waals surface area contributed by atoms with Gasteiger partial charge < -0.3 is 5.11 Å². The maximum absolute atomic E-state index is 12.1. The molecule has 2 atom stereocenters.